The molecule has 1 saturated carbocycles. The molecule has 17 heavy (non-hydrogen) atoms. The van der Waals surface area contributed by atoms with Crippen LogP contribution in [-0.4, -0.2) is 35.6 Å². The fraction of sp³-hybridized carbons (Fsp3) is 1.00. The molecule has 1 heterocycles. The fourth-order valence-electron chi connectivity index (χ4n) is 3.60. The van der Waals surface area contributed by atoms with E-state index < -0.39 is 0 Å². The maximum absolute atomic E-state index is 3.88. The highest BCUT2D eigenvalue weighted by molar-refractivity contribution is 4.96. The number of rotatable bonds is 6. The van der Waals surface area contributed by atoms with Crippen LogP contribution in [0.2, 0.25) is 0 Å². The molecule has 0 bridgehead atoms. The number of hydrogen-bond donors (Lipinski definition) is 1. The minimum Gasteiger partial charge on any atom is -0.310 e. The van der Waals surface area contributed by atoms with Gasteiger partial charge in [-0.1, -0.05) is 26.7 Å². The number of nitrogens with one attached hydrogen (secondary N) is 1. The van der Waals surface area contributed by atoms with Gasteiger partial charge in [0.2, 0.25) is 0 Å². The molecule has 100 valence electrons. The lowest BCUT2D eigenvalue weighted by Gasteiger charge is -2.26. The van der Waals surface area contributed by atoms with Crippen LogP contribution in [0.1, 0.15) is 59.8 Å². The van der Waals surface area contributed by atoms with Crippen LogP contribution in [0, 0.1) is 5.92 Å². The van der Waals surface area contributed by atoms with Crippen molar-refractivity contribution in [3.63, 3.8) is 0 Å². The van der Waals surface area contributed by atoms with Gasteiger partial charge in [0.05, 0.1) is 0 Å². The Bertz CT molecular complexity index is 233. The van der Waals surface area contributed by atoms with Gasteiger partial charge in [-0.2, -0.15) is 0 Å². The van der Waals surface area contributed by atoms with Crippen molar-refractivity contribution in [3.05, 3.63) is 0 Å². The molecule has 3 unspecified atom stereocenters. The first-order valence-electron chi connectivity index (χ1n) is 7.67. The zero-order valence-electron chi connectivity index (χ0n) is 12.1. The van der Waals surface area contributed by atoms with Gasteiger partial charge in [-0.25, -0.2) is 0 Å². The number of hydrogen-bond acceptors (Lipinski definition) is 2. The van der Waals surface area contributed by atoms with Gasteiger partial charge >= 0.3 is 0 Å². The van der Waals surface area contributed by atoms with Crippen molar-refractivity contribution in [2.24, 2.45) is 5.92 Å². The van der Waals surface area contributed by atoms with Crippen molar-refractivity contribution in [2.45, 2.75) is 84.0 Å². The monoisotopic (exact) mass is 238 g/mol. The lowest BCUT2D eigenvalue weighted by Crippen LogP contribution is -2.42. The average molecular weight is 238 g/mol. The Morgan fingerprint density at radius 2 is 1.88 bits per heavy atom. The Kier molecular flexibility index (Phi) is 4.48. The smallest absolute Gasteiger partial charge is 0.0212 e. The molecule has 2 nitrogen and oxygen atoms in total. The van der Waals surface area contributed by atoms with Crippen LogP contribution in [-0.2, 0) is 0 Å². The van der Waals surface area contributed by atoms with Crippen LogP contribution in [0.5, 0.6) is 0 Å². The van der Waals surface area contributed by atoms with Crippen molar-refractivity contribution in [3.8, 4) is 0 Å². The van der Waals surface area contributed by atoms with Gasteiger partial charge in [-0.05, 0) is 39.0 Å². The summed E-state index contributed by atoms with van der Waals surface area (Å²) in [4.78, 5) is 2.73. The van der Waals surface area contributed by atoms with Gasteiger partial charge in [0, 0.05) is 30.7 Å². The van der Waals surface area contributed by atoms with Gasteiger partial charge in [0.1, 0.15) is 0 Å². The van der Waals surface area contributed by atoms with E-state index in [-0.39, 0.29) is 0 Å². The molecule has 0 aromatic heterocycles. The van der Waals surface area contributed by atoms with Crippen molar-refractivity contribution in [1.82, 2.24) is 10.2 Å². The Balaban J connectivity index is 1.79. The largest absolute Gasteiger partial charge is 0.310 e. The van der Waals surface area contributed by atoms with Crippen LogP contribution in [0.15, 0.2) is 0 Å². The minimum absolute atomic E-state index is 0.682. The molecule has 3 atom stereocenters. The van der Waals surface area contributed by atoms with E-state index in [1.165, 1.54) is 38.6 Å². The molecular formula is C15H30N2. The summed E-state index contributed by atoms with van der Waals surface area (Å²) in [6.45, 7) is 10.7. The summed E-state index contributed by atoms with van der Waals surface area (Å²) in [5.41, 5.74) is 0. The summed E-state index contributed by atoms with van der Waals surface area (Å²) >= 11 is 0. The normalized spacial score (nSPS) is 32.3. The SMILES string of the molecule is CCC(CC)C(C)NC1CC(C)N(C2CC2)C1. The Labute approximate surface area is 107 Å². The molecule has 0 amide bonds. The van der Waals surface area contributed by atoms with Gasteiger partial charge < -0.3 is 5.32 Å². The van der Waals surface area contributed by atoms with Crippen LogP contribution in [0.3, 0.4) is 0 Å². The predicted molar refractivity (Wildman–Crippen MR) is 74.3 cm³/mol. The summed E-state index contributed by atoms with van der Waals surface area (Å²) in [5.74, 6) is 0.847. The third-order valence-electron chi connectivity index (χ3n) is 4.89. The van der Waals surface area contributed by atoms with E-state index in [0.29, 0.717) is 6.04 Å². The Hall–Kier alpha value is -0.0800. The molecule has 2 fully saturated rings. The summed E-state index contributed by atoms with van der Waals surface area (Å²) in [5, 5.41) is 3.88. The van der Waals surface area contributed by atoms with Crippen LogP contribution in [0.25, 0.3) is 0 Å². The van der Waals surface area contributed by atoms with Crippen molar-refractivity contribution >= 4 is 0 Å². The zero-order valence-corrected chi connectivity index (χ0v) is 12.1. The summed E-state index contributed by atoms with van der Waals surface area (Å²) in [6, 6.07) is 3.15. The second-order valence-corrected chi connectivity index (χ2v) is 6.24. The van der Waals surface area contributed by atoms with Crippen LogP contribution >= 0.6 is 0 Å². The van der Waals surface area contributed by atoms with Crippen molar-refractivity contribution in [1.29, 1.82) is 0 Å². The molecule has 0 aromatic carbocycles. The molecule has 1 aliphatic carbocycles. The summed E-state index contributed by atoms with van der Waals surface area (Å²) in [7, 11) is 0. The van der Waals surface area contributed by atoms with E-state index in [2.05, 4.69) is 37.9 Å². The van der Waals surface area contributed by atoms with Crippen LogP contribution in [0.4, 0.5) is 0 Å². The molecular weight excluding hydrogens is 208 g/mol. The molecule has 2 aliphatic rings. The molecule has 1 saturated heterocycles. The van der Waals surface area contributed by atoms with Gasteiger partial charge in [0.15, 0.2) is 0 Å². The standard InChI is InChI=1S/C15H30N2/c1-5-13(6-2)12(4)16-14-9-11(3)17(10-14)15-7-8-15/h11-16H,5-10H2,1-4H3. The first-order valence-corrected chi connectivity index (χ1v) is 7.67. The highest BCUT2D eigenvalue weighted by atomic mass is 15.3. The fourth-order valence-corrected chi connectivity index (χ4v) is 3.60. The zero-order chi connectivity index (χ0) is 12.4. The minimum atomic E-state index is 0.682. The Morgan fingerprint density at radius 3 is 2.41 bits per heavy atom. The van der Waals surface area contributed by atoms with Crippen molar-refractivity contribution in [2.75, 3.05) is 6.54 Å². The van der Waals surface area contributed by atoms with Gasteiger partial charge in [-0.15, -0.1) is 0 Å². The third-order valence-corrected chi connectivity index (χ3v) is 4.89. The maximum atomic E-state index is 3.88. The molecule has 1 N–H and O–H groups in total. The van der Waals surface area contributed by atoms with Crippen molar-refractivity contribution < 1.29 is 0 Å². The predicted octanol–water partition coefficient (Wildman–Crippen LogP) is 3.03. The topological polar surface area (TPSA) is 15.3 Å². The second kappa shape index (κ2) is 5.71. The first kappa shape index (κ1) is 13.4. The molecule has 0 radical (unpaired) electrons. The maximum Gasteiger partial charge on any atom is 0.0212 e. The lowest BCUT2D eigenvalue weighted by atomic mass is 9.94. The Morgan fingerprint density at radius 1 is 1.24 bits per heavy atom. The molecule has 0 spiro atoms. The molecule has 2 rings (SSSR count). The van der Waals surface area contributed by atoms with E-state index in [1.807, 2.05) is 0 Å². The highest BCUT2D eigenvalue weighted by Crippen LogP contribution is 2.33. The molecule has 1 aliphatic heterocycles. The van der Waals surface area contributed by atoms with E-state index >= 15 is 0 Å². The molecule has 2 heteroatoms. The van der Waals surface area contributed by atoms with E-state index in [0.717, 1.165) is 24.0 Å². The van der Waals surface area contributed by atoms with E-state index in [4.69, 9.17) is 0 Å². The number of nitrogens with zero attached hydrogens (tertiary/aromatic N) is 1. The highest BCUT2D eigenvalue weighted by Gasteiger charge is 2.39. The van der Waals surface area contributed by atoms with Gasteiger partial charge in [-0.3, -0.25) is 4.90 Å². The van der Waals surface area contributed by atoms with Gasteiger partial charge in [0.25, 0.3) is 0 Å². The first-order chi connectivity index (χ1) is 8.15. The number of likely N-dealkylation sites (tertiary alicyclic amines) is 1. The second-order valence-electron chi connectivity index (χ2n) is 6.24. The lowest BCUT2D eigenvalue weighted by molar-refractivity contribution is 0.250. The summed E-state index contributed by atoms with van der Waals surface area (Å²) < 4.78 is 0. The third kappa shape index (κ3) is 3.23. The molecule has 0 aromatic rings. The van der Waals surface area contributed by atoms with E-state index in [1.54, 1.807) is 0 Å². The van der Waals surface area contributed by atoms with Crippen LogP contribution < -0.4 is 5.32 Å². The quantitative estimate of drug-likeness (QED) is 0.765. The van der Waals surface area contributed by atoms with E-state index in [9.17, 15) is 0 Å². The average Bonchev–Trinajstić information content (AvgIpc) is 3.06. The summed E-state index contributed by atoms with van der Waals surface area (Å²) in [6.07, 6.45) is 6.85.